The molecule has 0 saturated carbocycles. The highest BCUT2D eigenvalue weighted by Crippen LogP contribution is 2.27. The summed E-state index contributed by atoms with van der Waals surface area (Å²) >= 11 is 0. The molecular weight excluding hydrogens is 292 g/mol. The van der Waals surface area contributed by atoms with E-state index in [1.165, 1.54) is 6.33 Å². The molecule has 3 N–H and O–H groups in total. The Morgan fingerprint density at radius 1 is 1.39 bits per heavy atom. The summed E-state index contributed by atoms with van der Waals surface area (Å²) in [6, 6.07) is 5.35. The average Bonchev–Trinajstić information content (AvgIpc) is 3.03. The van der Waals surface area contributed by atoms with E-state index in [1.54, 1.807) is 24.4 Å². The number of H-pyrrole nitrogens is 1. The zero-order valence-corrected chi connectivity index (χ0v) is 12.7. The van der Waals surface area contributed by atoms with Crippen LogP contribution in [-0.4, -0.2) is 37.5 Å². The number of hydrogen-bond acceptors (Lipinski definition) is 5. The molecule has 0 saturated heterocycles. The van der Waals surface area contributed by atoms with Crippen molar-refractivity contribution in [3.63, 3.8) is 0 Å². The zero-order chi connectivity index (χ0) is 16.0. The third-order valence-electron chi connectivity index (χ3n) is 4.30. The van der Waals surface area contributed by atoms with Crippen molar-refractivity contribution in [3.05, 3.63) is 47.5 Å². The fourth-order valence-electron chi connectivity index (χ4n) is 3.11. The van der Waals surface area contributed by atoms with Crippen LogP contribution in [0, 0.1) is 0 Å². The summed E-state index contributed by atoms with van der Waals surface area (Å²) in [5.41, 5.74) is 9.30. The summed E-state index contributed by atoms with van der Waals surface area (Å²) < 4.78 is 0. The van der Waals surface area contributed by atoms with Crippen LogP contribution in [0.1, 0.15) is 34.5 Å². The fourth-order valence-corrected chi connectivity index (χ4v) is 3.11. The van der Waals surface area contributed by atoms with Crippen LogP contribution < -0.4 is 5.73 Å². The monoisotopic (exact) mass is 308 g/mol. The molecule has 2 aromatic heterocycles. The number of nitrogens with one attached hydrogen (secondary N) is 1. The number of benzene rings is 1. The lowest BCUT2D eigenvalue weighted by molar-refractivity contribution is 0.0720. The molecule has 0 spiro atoms. The number of carbonyl (C=O) groups is 1. The first-order valence-corrected chi connectivity index (χ1v) is 7.45. The van der Waals surface area contributed by atoms with E-state index in [0.29, 0.717) is 30.0 Å². The van der Waals surface area contributed by atoms with Crippen molar-refractivity contribution in [1.82, 2.24) is 25.1 Å². The molecule has 0 radical (unpaired) electrons. The molecule has 0 fully saturated rings. The van der Waals surface area contributed by atoms with Crippen LogP contribution in [0.25, 0.3) is 10.9 Å². The Hall–Kier alpha value is -2.96. The summed E-state index contributed by atoms with van der Waals surface area (Å²) in [7, 11) is 0. The lowest BCUT2D eigenvalue weighted by Crippen LogP contribution is -2.37. The van der Waals surface area contributed by atoms with Gasteiger partial charge in [-0.1, -0.05) is 6.92 Å². The van der Waals surface area contributed by atoms with Gasteiger partial charge in [-0.2, -0.15) is 5.10 Å². The molecule has 4 rings (SSSR count). The molecule has 1 unspecified atom stereocenters. The third-order valence-corrected chi connectivity index (χ3v) is 4.30. The number of rotatable bonds is 1. The second-order valence-electron chi connectivity index (χ2n) is 5.89. The molecule has 1 amide bonds. The van der Waals surface area contributed by atoms with Gasteiger partial charge in [0.15, 0.2) is 0 Å². The van der Waals surface area contributed by atoms with Crippen LogP contribution in [0.4, 0.5) is 5.82 Å². The van der Waals surface area contributed by atoms with Crippen molar-refractivity contribution in [1.29, 1.82) is 0 Å². The molecule has 3 aromatic rings. The van der Waals surface area contributed by atoms with Crippen LogP contribution in [0.3, 0.4) is 0 Å². The molecule has 1 atom stereocenters. The van der Waals surface area contributed by atoms with Crippen LogP contribution in [0.2, 0.25) is 0 Å². The van der Waals surface area contributed by atoms with Crippen molar-refractivity contribution in [2.75, 3.05) is 12.3 Å². The summed E-state index contributed by atoms with van der Waals surface area (Å²) in [6.45, 7) is 3.32. The van der Waals surface area contributed by atoms with Gasteiger partial charge >= 0.3 is 0 Å². The molecule has 3 heterocycles. The molecule has 1 aliphatic heterocycles. The van der Waals surface area contributed by atoms with Crippen molar-refractivity contribution < 1.29 is 4.79 Å². The Balaban J connectivity index is 1.67. The van der Waals surface area contributed by atoms with Gasteiger partial charge in [0.05, 0.1) is 11.7 Å². The maximum atomic E-state index is 12.8. The maximum Gasteiger partial charge on any atom is 0.254 e. The second kappa shape index (κ2) is 5.05. The van der Waals surface area contributed by atoms with E-state index in [4.69, 9.17) is 5.73 Å². The quantitative estimate of drug-likeness (QED) is 0.712. The Morgan fingerprint density at radius 3 is 3.13 bits per heavy atom. The Kier molecular flexibility index (Phi) is 3.00. The van der Waals surface area contributed by atoms with Gasteiger partial charge in [-0.05, 0) is 18.2 Å². The van der Waals surface area contributed by atoms with E-state index >= 15 is 0 Å². The summed E-state index contributed by atoms with van der Waals surface area (Å²) in [5, 5.41) is 7.85. The number of hydrogen-bond donors (Lipinski definition) is 2. The Labute approximate surface area is 132 Å². The minimum atomic E-state index is -0.0113. The molecule has 7 nitrogen and oxygen atoms in total. The van der Waals surface area contributed by atoms with Crippen molar-refractivity contribution in [2.45, 2.75) is 19.4 Å². The minimum absolute atomic E-state index is 0.0113. The van der Waals surface area contributed by atoms with E-state index in [1.807, 2.05) is 4.90 Å². The molecule has 7 heteroatoms. The third kappa shape index (κ3) is 2.21. The van der Waals surface area contributed by atoms with Gasteiger partial charge in [-0.25, -0.2) is 9.97 Å². The summed E-state index contributed by atoms with van der Waals surface area (Å²) in [5.74, 6) is 0.648. The fraction of sp³-hybridized carbons (Fsp3) is 0.250. The number of aromatic nitrogens is 4. The normalized spacial score (nSPS) is 17.3. The summed E-state index contributed by atoms with van der Waals surface area (Å²) in [6.07, 6.45) is 3.20. The molecule has 1 aliphatic rings. The van der Waals surface area contributed by atoms with Gasteiger partial charge in [0.25, 0.3) is 5.91 Å². The topological polar surface area (TPSA) is 101 Å². The number of carbonyl (C=O) groups excluding carboxylic acids is 1. The predicted molar refractivity (Wildman–Crippen MR) is 85.7 cm³/mol. The number of nitrogens with zero attached hydrogens (tertiary/aromatic N) is 4. The van der Waals surface area contributed by atoms with Gasteiger partial charge in [0, 0.05) is 41.2 Å². The van der Waals surface area contributed by atoms with E-state index in [9.17, 15) is 4.79 Å². The first-order chi connectivity index (χ1) is 11.1. The zero-order valence-electron chi connectivity index (χ0n) is 12.7. The average molecular weight is 308 g/mol. The first-order valence-electron chi connectivity index (χ1n) is 7.45. The highest BCUT2D eigenvalue weighted by molar-refractivity contribution is 5.99. The Morgan fingerprint density at radius 2 is 2.26 bits per heavy atom. The van der Waals surface area contributed by atoms with E-state index in [0.717, 1.165) is 16.6 Å². The molecule has 1 aromatic carbocycles. The maximum absolute atomic E-state index is 12.8. The summed E-state index contributed by atoms with van der Waals surface area (Å²) in [4.78, 5) is 22.8. The van der Waals surface area contributed by atoms with Crippen LogP contribution in [-0.2, 0) is 6.54 Å². The number of aromatic amines is 1. The Bertz CT molecular complexity index is 902. The number of amides is 1. The van der Waals surface area contributed by atoms with Crippen molar-refractivity contribution in [3.8, 4) is 0 Å². The van der Waals surface area contributed by atoms with E-state index in [-0.39, 0.29) is 11.8 Å². The number of fused-ring (bicyclic) bond motifs is 2. The van der Waals surface area contributed by atoms with Crippen molar-refractivity contribution in [2.24, 2.45) is 0 Å². The molecular formula is C16H16N6O. The second-order valence-corrected chi connectivity index (χ2v) is 5.89. The SMILES string of the molecule is CC1CN(C(=O)c2ccc3c(N)ncnc3c2)Cc2cn[nH]c21. The van der Waals surface area contributed by atoms with Gasteiger partial charge < -0.3 is 10.6 Å². The number of nitrogen functional groups attached to an aromatic ring is 1. The predicted octanol–water partition coefficient (Wildman–Crippen LogP) is 1.69. The van der Waals surface area contributed by atoms with Crippen LogP contribution >= 0.6 is 0 Å². The molecule has 0 aliphatic carbocycles. The molecule has 0 bridgehead atoms. The molecule has 116 valence electrons. The number of nitrogens with two attached hydrogens (primary N) is 1. The lowest BCUT2D eigenvalue weighted by atomic mass is 9.97. The standard InChI is InChI=1S/C16H16N6O/c1-9-6-22(7-11-5-20-21-14(9)11)16(23)10-2-3-12-13(4-10)18-8-19-15(12)17/h2-5,8-9H,6-7H2,1H3,(H,20,21)(H2,17,18,19). The van der Waals surface area contributed by atoms with Crippen LogP contribution in [0.15, 0.2) is 30.7 Å². The van der Waals surface area contributed by atoms with Gasteiger partial charge in [0.2, 0.25) is 0 Å². The smallest absolute Gasteiger partial charge is 0.254 e. The van der Waals surface area contributed by atoms with Gasteiger partial charge in [-0.15, -0.1) is 0 Å². The van der Waals surface area contributed by atoms with E-state index in [2.05, 4.69) is 27.1 Å². The first kappa shape index (κ1) is 13.7. The van der Waals surface area contributed by atoms with E-state index < -0.39 is 0 Å². The highest BCUT2D eigenvalue weighted by Gasteiger charge is 2.27. The van der Waals surface area contributed by atoms with Crippen LogP contribution in [0.5, 0.6) is 0 Å². The lowest BCUT2D eigenvalue weighted by Gasteiger charge is -2.30. The van der Waals surface area contributed by atoms with Gasteiger partial charge in [-0.3, -0.25) is 9.89 Å². The van der Waals surface area contributed by atoms with Crippen molar-refractivity contribution >= 4 is 22.6 Å². The van der Waals surface area contributed by atoms with Gasteiger partial charge in [0.1, 0.15) is 12.1 Å². The molecule has 23 heavy (non-hydrogen) atoms. The highest BCUT2D eigenvalue weighted by atomic mass is 16.2. The minimum Gasteiger partial charge on any atom is -0.383 e. The largest absolute Gasteiger partial charge is 0.383 e. The number of anilines is 1.